The highest BCUT2D eigenvalue weighted by Gasteiger charge is 2.19. The summed E-state index contributed by atoms with van der Waals surface area (Å²) in [6.45, 7) is 6.16. The number of rotatable bonds is 40. The fourth-order valence-corrected chi connectivity index (χ4v) is 5.76. The lowest BCUT2D eigenvalue weighted by molar-refractivity contribution is -0.167. The molecule has 0 aliphatic carbocycles. The van der Waals surface area contributed by atoms with Crippen LogP contribution in [0.3, 0.4) is 0 Å². The SMILES string of the molecule is CC/C=C\C/C=C\C/C=C\C/C=C\CCCCCCCCC(=O)OCC(COC(=O)CCC/C=C\C/C=C\C/C=C\CC)OC(=O)CCCC/C=C\C/C=C\C/C=C\CC. The van der Waals surface area contributed by atoms with Crippen LogP contribution in [0.1, 0.15) is 181 Å². The lowest BCUT2D eigenvalue weighted by atomic mass is 10.1. The number of carbonyl (C=O) groups excluding carboxylic acids is 3. The first-order chi connectivity index (χ1) is 29.5. The minimum absolute atomic E-state index is 0.121. The lowest BCUT2D eigenvalue weighted by Gasteiger charge is -2.18. The van der Waals surface area contributed by atoms with Gasteiger partial charge in [-0.3, -0.25) is 14.4 Å². The molecule has 0 saturated heterocycles. The van der Waals surface area contributed by atoms with Crippen molar-refractivity contribution in [3.05, 3.63) is 122 Å². The lowest BCUT2D eigenvalue weighted by Crippen LogP contribution is -2.30. The van der Waals surface area contributed by atoms with Gasteiger partial charge in [0, 0.05) is 19.3 Å². The molecule has 0 heterocycles. The predicted octanol–water partition coefficient (Wildman–Crippen LogP) is 15.4. The summed E-state index contributed by atoms with van der Waals surface area (Å²) in [6.07, 6.45) is 64.8. The van der Waals surface area contributed by atoms with Crippen LogP contribution >= 0.6 is 0 Å². The number of esters is 3. The van der Waals surface area contributed by atoms with Crippen LogP contribution in [0.5, 0.6) is 0 Å². The van der Waals surface area contributed by atoms with Gasteiger partial charge in [-0.15, -0.1) is 0 Å². The molecule has 0 aliphatic rings. The molecule has 0 bridgehead atoms. The Morgan fingerprint density at radius 3 is 1.03 bits per heavy atom. The summed E-state index contributed by atoms with van der Waals surface area (Å²) in [4.78, 5) is 37.8. The van der Waals surface area contributed by atoms with Crippen molar-refractivity contribution >= 4 is 17.9 Å². The molecule has 0 aliphatic heterocycles. The Morgan fingerprint density at radius 2 is 0.617 bits per heavy atom. The Hall–Kier alpha value is -4.19. The van der Waals surface area contributed by atoms with Crippen molar-refractivity contribution in [1.29, 1.82) is 0 Å². The summed E-state index contributed by atoms with van der Waals surface area (Å²) in [7, 11) is 0. The molecule has 0 N–H and O–H groups in total. The smallest absolute Gasteiger partial charge is 0.306 e. The van der Waals surface area contributed by atoms with E-state index in [0.29, 0.717) is 19.3 Å². The van der Waals surface area contributed by atoms with Crippen molar-refractivity contribution in [2.45, 2.75) is 187 Å². The number of hydrogen-bond acceptors (Lipinski definition) is 6. The fraction of sp³-hybridized carbons (Fsp3) is 0.574. The highest BCUT2D eigenvalue weighted by Crippen LogP contribution is 2.11. The molecular formula is C54H84O6. The molecular weight excluding hydrogens is 745 g/mol. The summed E-state index contributed by atoms with van der Waals surface area (Å²) in [5.74, 6) is -1.04. The van der Waals surface area contributed by atoms with Gasteiger partial charge in [0.2, 0.25) is 0 Å². The maximum Gasteiger partial charge on any atom is 0.306 e. The van der Waals surface area contributed by atoms with E-state index in [2.05, 4.69) is 142 Å². The average Bonchev–Trinajstić information content (AvgIpc) is 3.24. The molecule has 336 valence electrons. The molecule has 6 heteroatoms. The summed E-state index contributed by atoms with van der Waals surface area (Å²) in [5.41, 5.74) is 0. The second kappa shape index (κ2) is 47.5. The number of carbonyl (C=O) groups is 3. The normalized spacial score (nSPS) is 13.2. The van der Waals surface area contributed by atoms with E-state index in [1.54, 1.807) is 0 Å². The van der Waals surface area contributed by atoms with Crippen LogP contribution < -0.4 is 0 Å². The van der Waals surface area contributed by atoms with Gasteiger partial charge in [-0.05, 0) is 116 Å². The molecule has 0 aromatic heterocycles. The quantitative estimate of drug-likeness (QED) is 0.0265. The van der Waals surface area contributed by atoms with Gasteiger partial charge in [0.1, 0.15) is 13.2 Å². The van der Waals surface area contributed by atoms with Crippen LogP contribution in [0.2, 0.25) is 0 Å². The largest absolute Gasteiger partial charge is 0.462 e. The third kappa shape index (κ3) is 44.9. The average molecular weight is 829 g/mol. The summed E-state index contributed by atoms with van der Waals surface area (Å²) >= 11 is 0. The van der Waals surface area contributed by atoms with Crippen molar-refractivity contribution in [1.82, 2.24) is 0 Å². The zero-order chi connectivity index (χ0) is 43.7. The summed E-state index contributed by atoms with van der Waals surface area (Å²) < 4.78 is 16.6. The molecule has 0 fully saturated rings. The number of allylic oxidation sites excluding steroid dienone is 20. The van der Waals surface area contributed by atoms with Gasteiger partial charge >= 0.3 is 17.9 Å². The Morgan fingerprint density at radius 1 is 0.333 bits per heavy atom. The third-order valence-electron chi connectivity index (χ3n) is 9.19. The Labute approximate surface area is 367 Å². The Kier molecular flexibility index (Phi) is 44.2. The zero-order valence-electron chi connectivity index (χ0n) is 38.2. The van der Waals surface area contributed by atoms with Crippen LogP contribution in [-0.2, 0) is 28.6 Å². The molecule has 0 radical (unpaired) electrons. The highest BCUT2D eigenvalue weighted by molar-refractivity contribution is 5.71. The summed E-state index contributed by atoms with van der Waals surface area (Å²) in [6, 6.07) is 0. The molecule has 1 unspecified atom stereocenters. The van der Waals surface area contributed by atoms with Gasteiger partial charge in [-0.2, -0.15) is 0 Å². The van der Waals surface area contributed by atoms with E-state index >= 15 is 0 Å². The van der Waals surface area contributed by atoms with E-state index in [1.165, 1.54) is 12.8 Å². The summed E-state index contributed by atoms with van der Waals surface area (Å²) in [5, 5.41) is 0. The molecule has 0 aromatic rings. The minimum atomic E-state index is -0.826. The second-order valence-corrected chi connectivity index (χ2v) is 14.9. The second-order valence-electron chi connectivity index (χ2n) is 14.9. The molecule has 0 amide bonds. The topological polar surface area (TPSA) is 78.9 Å². The van der Waals surface area contributed by atoms with Crippen LogP contribution in [0.25, 0.3) is 0 Å². The molecule has 0 saturated carbocycles. The van der Waals surface area contributed by atoms with Crippen molar-refractivity contribution in [2.75, 3.05) is 13.2 Å². The zero-order valence-corrected chi connectivity index (χ0v) is 38.2. The molecule has 0 spiro atoms. The number of ether oxygens (including phenoxy) is 3. The van der Waals surface area contributed by atoms with Crippen molar-refractivity contribution < 1.29 is 28.6 Å². The molecule has 60 heavy (non-hydrogen) atoms. The first-order valence-electron chi connectivity index (χ1n) is 23.5. The third-order valence-corrected chi connectivity index (χ3v) is 9.19. The maximum atomic E-state index is 12.7. The molecule has 6 nitrogen and oxygen atoms in total. The predicted molar refractivity (Wildman–Crippen MR) is 256 cm³/mol. The first-order valence-corrected chi connectivity index (χ1v) is 23.5. The number of unbranched alkanes of at least 4 members (excludes halogenated alkanes) is 9. The van der Waals surface area contributed by atoms with Gasteiger partial charge < -0.3 is 14.2 Å². The van der Waals surface area contributed by atoms with E-state index < -0.39 is 6.10 Å². The van der Waals surface area contributed by atoms with Gasteiger partial charge in [-0.25, -0.2) is 0 Å². The highest BCUT2D eigenvalue weighted by atomic mass is 16.6. The maximum absolute atomic E-state index is 12.7. The Balaban J connectivity index is 4.48. The monoisotopic (exact) mass is 829 g/mol. The minimum Gasteiger partial charge on any atom is -0.462 e. The van der Waals surface area contributed by atoms with Crippen molar-refractivity contribution in [3.63, 3.8) is 0 Å². The van der Waals surface area contributed by atoms with E-state index in [9.17, 15) is 14.4 Å². The van der Waals surface area contributed by atoms with Crippen molar-refractivity contribution in [3.8, 4) is 0 Å². The first kappa shape index (κ1) is 55.8. The van der Waals surface area contributed by atoms with Gasteiger partial charge in [-0.1, -0.05) is 168 Å². The van der Waals surface area contributed by atoms with Gasteiger partial charge in [0.15, 0.2) is 6.10 Å². The van der Waals surface area contributed by atoms with Crippen LogP contribution in [0.15, 0.2) is 122 Å². The van der Waals surface area contributed by atoms with Crippen LogP contribution in [0, 0.1) is 0 Å². The van der Waals surface area contributed by atoms with Crippen LogP contribution in [0.4, 0.5) is 0 Å². The number of hydrogen-bond donors (Lipinski definition) is 0. The molecule has 1 atom stereocenters. The Bertz CT molecular complexity index is 1320. The fourth-order valence-electron chi connectivity index (χ4n) is 5.76. The van der Waals surface area contributed by atoms with E-state index in [4.69, 9.17) is 14.2 Å². The van der Waals surface area contributed by atoms with Crippen molar-refractivity contribution in [2.24, 2.45) is 0 Å². The molecule has 0 aromatic carbocycles. The van der Waals surface area contributed by atoms with Gasteiger partial charge in [0.25, 0.3) is 0 Å². The van der Waals surface area contributed by atoms with Crippen LogP contribution in [-0.4, -0.2) is 37.2 Å². The van der Waals surface area contributed by atoms with E-state index in [-0.39, 0.29) is 44.0 Å². The van der Waals surface area contributed by atoms with Gasteiger partial charge in [0.05, 0.1) is 0 Å². The van der Waals surface area contributed by atoms with E-state index in [1.807, 2.05) is 0 Å². The molecule has 0 rings (SSSR count). The van der Waals surface area contributed by atoms with E-state index in [0.717, 1.165) is 116 Å². The standard InChI is InChI=1S/C54H84O6/c1-4-7-10-13-16-19-22-24-25-26-27-28-29-30-33-35-38-41-44-47-53(56)59-50-51(49-58-52(55)46-43-40-37-34-31-21-18-15-12-9-6-3)60-54(57)48-45-42-39-36-32-23-20-17-14-11-8-5-2/h7-12,16-21,24-25,27-28,32,34,36-37,51H,4-6,13-15,22-23,26,29-31,33,35,38-50H2,1-3H3/b10-7-,11-8-,12-9-,19-16-,20-17-,21-18-,25-24-,28-27-,36-32-,37-34-.